The second-order valence-electron chi connectivity index (χ2n) is 7.08. The molecule has 0 spiro atoms. The van der Waals surface area contributed by atoms with Crippen LogP contribution in [0.3, 0.4) is 0 Å². The number of amides is 1. The van der Waals surface area contributed by atoms with Gasteiger partial charge in [0.25, 0.3) is 11.6 Å². The van der Waals surface area contributed by atoms with Crippen LogP contribution in [0.1, 0.15) is 34.5 Å². The van der Waals surface area contributed by atoms with Crippen LogP contribution >= 0.6 is 12.4 Å². The van der Waals surface area contributed by atoms with Gasteiger partial charge in [-0.25, -0.2) is 4.98 Å². The number of aryl methyl sites for hydroxylation is 2. The standard InChI is InChI=1S/C20H22N4O2.ClH/c1-11-3-5-14(6-4-11)17-9-15(18-12(2)24-26-20(18)23-17)19(25)22-10-16(21)13-7-8-13;/h3-6,9,13,16H,7-8,10,21H2,1-2H3,(H,22,25);1H. The third-order valence-electron chi connectivity index (χ3n) is 4.93. The van der Waals surface area contributed by atoms with Gasteiger partial charge in [0.15, 0.2) is 0 Å². The van der Waals surface area contributed by atoms with Crippen LogP contribution in [0.25, 0.3) is 22.4 Å². The summed E-state index contributed by atoms with van der Waals surface area (Å²) in [5.74, 6) is 0.362. The molecule has 1 amide bonds. The lowest BCUT2D eigenvalue weighted by Crippen LogP contribution is -2.38. The van der Waals surface area contributed by atoms with E-state index in [1.54, 1.807) is 6.07 Å². The molecule has 0 saturated heterocycles. The van der Waals surface area contributed by atoms with Crippen molar-refractivity contribution in [3.8, 4) is 11.3 Å². The molecule has 0 radical (unpaired) electrons. The fourth-order valence-corrected chi connectivity index (χ4v) is 3.14. The van der Waals surface area contributed by atoms with Crippen LogP contribution in [-0.2, 0) is 0 Å². The van der Waals surface area contributed by atoms with Gasteiger partial charge in [0, 0.05) is 18.2 Å². The van der Waals surface area contributed by atoms with Gasteiger partial charge in [0.2, 0.25) is 0 Å². The molecule has 1 saturated carbocycles. The quantitative estimate of drug-likeness (QED) is 0.700. The number of fused-ring (bicyclic) bond motifs is 1. The highest BCUT2D eigenvalue weighted by Crippen LogP contribution is 2.31. The van der Waals surface area contributed by atoms with E-state index in [4.69, 9.17) is 10.3 Å². The lowest BCUT2D eigenvalue weighted by Gasteiger charge is -2.12. The van der Waals surface area contributed by atoms with Gasteiger partial charge >= 0.3 is 0 Å². The molecule has 1 aliphatic carbocycles. The van der Waals surface area contributed by atoms with Crippen LogP contribution < -0.4 is 11.1 Å². The summed E-state index contributed by atoms with van der Waals surface area (Å²) < 4.78 is 5.33. The Labute approximate surface area is 163 Å². The zero-order valence-electron chi connectivity index (χ0n) is 15.4. The molecule has 27 heavy (non-hydrogen) atoms. The first-order valence-electron chi connectivity index (χ1n) is 8.91. The van der Waals surface area contributed by atoms with Gasteiger partial charge in [-0.1, -0.05) is 35.0 Å². The van der Waals surface area contributed by atoms with Crippen LogP contribution in [0, 0.1) is 19.8 Å². The number of nitrogens with two attached hydrogens (primary N) is 1. The number of hydrogen-bond acceptors (Lipinski definition) is 5. The number of nitrogens with one attached hydrogen (secondary N) is 1. The Hall–Kier alpha value is -2.44. The maximum Gasteiger partial charge on any atom is 0.259 e. The lowest BCUT2D eigenvalue weighted by molar-refractivity contribution is 0.0952. The van der Waals surface area contributed by atoms with E-state index in [1.807, 2.05) is 38.1 Å². The second-order valence-corrected chi connectivity index (χ2v) is 7.08. The first-order valence-corrected chi connectivity index (χ1v) is 8.91. The number of hydrogen-bond donors (Lipinski definition) is 2. The second kappa shape index (κ2) is 7.66. The van der Waals surface area contributed by atoms with E-state index < -0.39 is 0 Å². The molecule has 6 nitrogen and oxygen atoms in total. The zero-order valence-corrected chi connectivity index (χ0v) is 16.2. The van der Waals surface area contributed by atoms with E-state index in [0.717, 1.165) is 24.0 Å². The molecule has 4 rings (SSSR count). The molecule has 1 atom stereocenters. The molecule has 2 aromatic heterocycles. The molecular formula is C20H23ClN4O2. The minimum Gasteiger partial charge on any atom is -0.350 e. The van der Waals surface area contributed by atoms with Crippen LogP contribution in [0.5, 0.6) is 0 Å². The minimum atomic E-state index is -0.173. The number of carbonyl (C=O) groups is 1. The molecule has 1 unspecified atom stereocenters. The lowest BCUT2D eigenvalue weighted by atomic mass is 10.0. The fraction of sp³-hybridized carbons (Fsp3) is 0.350. The Morgan fingerprint density at radius 3 is 2.67 bits per heavy atom. The number of pyridine rings is 1. The molecule has 3 aromatic rings. The van der Waals surface area contributed by atoms with Crippen molar-refractivity contribution < 1.29 is 9.32 Å². The van der Waals surface area contributed by atoms with Gasteiger partial charge in [-0.2, -0.15) is 0 Å². The highest BCUT2D eigenvalue weighted by atomic mass is 35.5. The van der Waals surface area contributed by atoms with E-state index in [2.05, 4.69) is 15.5 Å². The van der Waals surface area contributed by atoms with Crippen molar-refractivity contribution in [3.63, 3.8) is 0 Å². The third kappa shape index (κ3) is 3.96. The maximum absolute atomic E-state index is 12.8. The van der Waals surface area contributed by atoms with Crippen LogP contribution in [0.4, 0.5) is 0 Å². The smallest absolute Gasteiger partial charge is 0.259 e. The first kappa shape index (κ1) is 19.3. The summed E-state index contributed by atoms with van der Waals surface area (Å²) >= 11 is 0. The Bertz CT molecular complexity index is 964. The normalized spacial score (nSPS) is 14.6. The predicted octanol–water partition coefficient (Wildman–Crippen LogP) is 3.40. The zero-order chi connectivity index (χ0) is 18.3. The van der Waals surface area contributed by atoms with E-state index in [1.165, 1.54) is 0 Å². The molecule has 2 heterocycles. The molecule has 142 valence electrons. The molecule has 0 aliphatic heterocycles. The summed E-state index contributed by atoms with van der Waals surface area (Å²) in [6.07, 6.45) is 2.30. The number of carbonyl (C=O) groups excluding carboxylic acids is 1. The van der Waals surface area contributed by atoms with Crippen LogP contribution in [0.2, 0.25) is 0 Å². The van der Waals surface area contributed by atoms with Crippen molar-refractivity contribution in [2.45, 2.75) is 32.7 Å². The van der Waals surface area contributed by atoms with E-state index in [0.29, 0.717) is 40.5 Å². The van der Waals surface area contributed by atoms with Crippen molar-refractivity contribution in [1.82, 2.24) is 15.5 Å². The minimum absolute atomic E-state index is 0. The summed E-state index contributed by atoms with van der Waals surface area (Å²) in [5, 5.41) is 7.59. The average Bonchev–Trinajstić information content (AvgIpc) is 3.43. The van der Waals surface area contributed by atoms with Crippen molar-refractivity contribution in [2.24, 2.45) is 11.7 Å². The SMILES string of the molecule is Cc1ccc(-c2cc(C(=O)NCC(N)C3CC3)c3c(C)noc3n2)cc1.Cl. The Morgan fingerprint density at radius 1 is 1.30 bits per heavy atom. The molecule has 1 fully saturated rings. The summed E-state index contributed by atoms with van der Waals surface area (Å²) in [4.78, 5) is 17.4. The van der Waals surface area contributed by atoms with E-state index in [-0.39, 0.29) is 24.4 Å². The van der Waals surface area contributed by atoms with Crippen molar-refractivity contribution in [2.75, 3.05) is 6.54 Å². The highest BCUT2D eigenvalue weighted by molar-refractivity contribution is 6.07. The van der Waals surface area contributed by atoms with Gasteiger partial charge < -0.3 is 15.6 Å². The Morgan fingerprint density at radius 2 is 2.00 bits per heavy atom. The summed E-state index contributed by atoms with van der Waals surface area (Å²) in [5.41, 5.74) is 10.4. The largest absolute Gasteiger partial charge is 0.350 e. The number of nitrogens with zero attached hydrogens (tertiary/aromatic N) is 2. The van der Waals surface area contributed by atoms with Gasteiger partial charge in [-0.05, 0) is 38.7 Å². The van der Waals surface area contributed by atoms with Gasteiger partial charge in [0.05, 0.1) is 22.3 Å². The van der Waals surface area contributed by atoms with Crippen LogP contribution in [-0.4, -0.2) is 28.6 Å². The van der Waals surface area contributed by atoms with Crippen LogP contribution in [0.15, 0.2) is 34.9 Å². The van der Waals surface area contributed by atoms with Crippen molar-refractivity contribution >= 4 is 29.4 Å². The van der Waals surface area contributed by atoms with Gasteiger partial charge in [-0.3, -0.25) is 4.79 Å². The molecular weight excluding hydrogens is 364 g/mol. The summed E-state index contributed by atoms with van der Waals surface area (Å²) in [6.45, 7) is 4.31. The molecule has 1 aromatic carbocycles. The third-order valence-corrected chi connectivity index (χ3v) is 4.93. The topological polar surface area (TPSA) is 94.0 Å². The summed E-state index contributed by atoms with van der Waals surface area (Å²) in [7, 11) is 0. The predicted molar refractivity (Wildman–Crippen MR) is 107 cm³/mol. The Kier molecular flexibility index (Phi) is 5.48. The maximum atomic E-state index is 12.8. The average molecular weight is 387 g/mol. The summed E-state index contributed by atoms with van der Waals surface area (Å²) in [6, 6.07) is 9.81. The fourth-order valence-electron chi connectivity index (χ4n) is 3.14. The number of aromatic nitrogens is 2. The first-order chi connectivity index (χ1) is 12.5. The van der Waals surface area contributed by atoms with Crippen molar-refractivity contribution in [1.29, 1.82) is 0 Å². The molecule has 3 N–H and O–H groups in total. The van der Waals surface area contributed by atoms with E-state index in [9.17, 15) is 4.79 Å². The monoisotopic (exact) mass is 386 g/mol. The van der Waals surface area contributed by atoms with Gasteiger partial charge in [0.1, 0.15) is 0 Å². The number of benzene rings is 1. The van der Waals surface area contributed by atoms with E-state index >= 15 is 0 Å². The molecule has 7 heteroatoms. The Balaban J connectivity index is 0.00000210. The number of rotatable bonds is 5. The molecule has 1 aliphatic rings. The van der Waals surface area contributed by atoms with Gasteiger partial charge in [-0.15, -0.1) is 12.4 Å². The van der Waals surface area contributed by atoms with Crippen molar-refractivity contribution in [3.05, 3.63) is 47.2 Å². The number of halogens is 1. The highest BCUT2D eigenvalue weighted by Gasteiger charge is 2.29. The molecule has 0 bridgehead atoms.